The van der Waals surface area contributed by atoms with Gasteiger partial charge in [0.05, 0.1) is 13.2 Å². The van der Waals surface area contributed by atoms with E-state index in [0.717, 1.165) is 6.42 Å². The van der Waals surface area contributed by atoms with E-state index in [2.05, 4.69) is 14.0 Å². The molecule has 6 nitrogen and oxygen atoms in total. The summed E-state index contributed by atoms with van der Waals surface area (Å²) in [6.45, 7) is 0.404. The van der Waals surface area contributed by atoms with E-state index in [1.165, 1.54) is 0 Å². The van der Waals surface area contributed by atoms with E-state index in [0.29, 0.717) is 6.42 Å². The summed E-state index contributed by atoms with van der Waals surface area (Å²) >= 11 is 0. The van der Waals surface area contributed by atoms with Gasteiger partial charge in [0.2, 0.25) is 0 Å². The maximum atomic E-state index is 12.9. The van der Waals surface area contributed by atoms with E-state index in [9.17, 15) is 39.2 Å². The smallest absolute Gasteiger partial charge is 0.379 e. The fourth-order valence-corrected chi connectivity index (χ4v) is 1.09. The SMILES string of the molecule is CCCCOCCOC(F)(F)C(F)(F)OOS(=O)(=O)C(F)(F)F. The molecule has 0 saturated carbocycles. The molecule has 140 valence electrons. The molecule has 0 rings (SSSR count). The fraction of sp³-hybridized carbons (Fsp3) is 1.00. The van der Waals surface area contributed by atoms with Crippen molar-refractivity contribution in [2.45, 2.75) is 37.5 Å². The molecule has 0 N–H and O–H groups in total. The van der Waals surface area contributed by atoms with Gasteiger partial charge in [0.25, 0.3) is 0 Å². The molecule has 0 spiro atoms. The van der Waals surface area contributed by atoms with E-state index in [-0.39, 0.29) is 6.61 Å². The summed E-state index contributed by atoms with van der Waals surface area (Å²) in [5, 5.41) is 0. The van der Waals surface area contributed by atoms with Gasteiger partial charge in [-0.2, -0.15) is 39.2 Å². The minimum Gasteiger partial charge on any atom is -0.379 e. The highest BCUT2D eigenvalue weighted by Crippen LogP contribution is 2.38. The van der Waals surface area contributed by atoms with Gasteiger partial charge in [-0.3, -0.25) is 0 Å². The van der Waals surface area contributed by atoms with Gasteiger partial charge in [-0.1, -0.05) is 17.7 Å². The van der Waals surface area contributed by atoms with Gasteiger partial charge in [0.15, 0.2) is 0 Å². The van der Waals surface area contributed by atoms with Crippen molar-refractivity contribution in [3.63, 3.8) is 0 Å². The van der Waals surface area contributed by atoms with Crippen LogP contribution in [0.2, 0.25) is 0 Å². The van der Waals surface area contributed by atoms with Gasteiger partial charge in [-0.25, -0.2) is 0 Å². The Hall–Kier alpha value is -0.700. The van der Waals surface area contributed by atoms with Gasteiger partial charge in [-0.15, -0.1) is 4.89 Å². The molecule has 0 aliphatic carbocycles. The minimum atomic E-state index is -6.64. The molecule has 23 heavy (non-hydrogen) atoms. The number of unbranched alkanes of at least 4 members (excludes halogenated alkanes) is 1. The fourth-order valence-electron chi connectivity index (χ4n) is 0.836. The first-order chi connectivity index (χ1) is 10.3. The Bertz CT molecular complexity index is 450. The van der Waals surface area contributed by atoms with Crippen molar-refractivity contribution >= 4 is 10.1 Å². The van der Waals surface area contributed by atoms with Crippen LogP contribution in [-0.4, -0.2) is 46.0 Å². The molecule has 0 bridgehead atoms. The van der Waals surface area contributed by atoms with Crippen molar-refractivity contribution in [3.05, 3.63) is 0 Å². The molecule has 0 fully saturated rings. The molecule has 14 heteroatoms. The third-order valence-electron chi connectivity index (χ3n) is 2.00. The van der Waals surface area contributed by atoms with Crippen LogP contribution in [0.15, 0.2) is 0 Å². The number of ether oxygens (including phenoxy) is 2. The van der Waals surface area contributed by atoms with Gasteiger partial charge in [0, 0.05) is 6.61 Å². The van der Waals surface area contributed by atoms with Crippen LogP contribution in [-0.2, 0) is 28.8 Å². The number of alkyl halides is 7. The molecule has 0 aliphatic rings. The molecule has 0 aliphatic heterocycles. The van der Waals surface area contributed by atoms with Gasteiger partial charge in [-0.05, 0) is 6.42 Å². The largest absolute Gasteiger partial charge is 0.525 e. The second-order valence-corrected chi connectivity index (χ2v) is 5.41. The van der Waals surface area contributed by atoms with Crippen molar-refractivity contribution in [3.8, 4) is 0 Å². The van der Waals surface area contributed by atoms with Gasteiger partial charge < -0.3 is 9.47 Å². The Balaban J connectivity index is 4.48. The van der Waals surface area contributed by atoms with Crippen LogP contribution in [0.1, 0.15) is 19.8 Å². The summed E-state index contributed by atoms with van der Waals surface area (Å²) in [7, 11) is -6.64. The monoisotopic (exact) mass is 382 g/mol. The molecule has 0 aromatic heterocycles. The van der Waals surface area contributed by atoms with E-state index in [1.807, 2.05) is 0 Å². The first-order valence-corrected chi connectivity index (χ1v) is 7.33. The zero-order chi connectivity index (χ0) is 18.4. The highest BCUT2D eigenvalue weighted by atomic mass is 32.2. The Morgan fingerprint density at radius 2 is 1.43 bits per heavy atom. The van der Waals surface area contributed by atoms with E-state index in [1.54, 1.807) is 6.92 Å². The normalized spacial score (nSPS) is 14.3. The van der Waals surface area contributed by atoms with Crippen LogP contribution in [0.4, 0.5) is 30.7 Å². The lowest BCUT2D eigenvalue weighted by Crippen LogP contribution is -2.46. The average Bonchev–Trinajstić information content (AvgIpc) is 2.39. The second-order valence-electron chi connectivity index (χ2n) is 3.90. The maximum Gasteiger partial charge on any atom is 0.525 e. The predicted octanol–water partition coefficient (Wildman–Crippen LogP) is 2.80. The second kappa shape index (κ2) is 8.41. The highest BCUT2D eigenvalue weighted by molar-refractivity contribution is 7.87. The topological polar surface area (TPSA) is 71.1 Å². The van der Waals surface area contributed by atoms with Gasteiger partial charge >= 0.3 is 27.8 Å². The number of rotatable bonds is 11. The molecule has 0 aromatic rings. The zero-order valence-electron chi connectivity index (χ0n) is 11.5. The summed E-state index contributed by atoms with van der Waals surface area (Å²) in [6, 6.07) is 0. The van der Waals surface area contributed by atoms with Crippen LogP contribution < -0.4 is 0 Å². The molecule has 0 radical (unpaired) electrons. The average molecular weight is 382 g/mol. The number of halogens is 7. The quantitative estimate of drug-likeness (QED) is 0.180. The van der Waals surface area contributed by atoms with Crippen molar-refractivity contribution in [2.75, 3.05) is 19.8 Å². The molecule has 0 heterocycles. The standard InChI is InChI=1S/C9H13F7O6S/c1-2-3-4-19-5-6-20-7(10,11)8(12,13)21-22-23(17,18)9(14,15)16/h2-6H2,1H3. The summed E-state index contributed by atoms with van der Waals surface area (Å²) in [6.07, 6.45) is -9.94. The van der Waals surface area contributed by atoms with Crippen LogP contribution in [0.25, 0.3) is 0 Å². The first kappa shape index (κ1) is 22.3. The van der Waals surface area contributed by atoms with Crippen molar-refractivity contribution in [1.29, 1.82) is 0 Å². The van der Waals surface area contributed by atoms with Gasteiger partial charge in [0.1, 0.15) is 0 Å². The lowest BCUT2D eigenvalue weighted by atomic mass is 10.4. The molecule has 0 aromatic carbocycles. The molecule has 0 saturated heterocycles. The Morgan fingerprint density at radius 1 is 0.870 bits per heavy atom. The van der Waals surface area contributed by atoms with Crippen LogP contribution in [0.3, 0.4) is 0 Å². The Labute approximate surface area is 126 Å². The summed E-state index contributed by atoms with van der Waals surface area (Å²) in [5.41, 5.74) is -6.13. The Morgan fingerprint density at radius 3 is 1.91 bits per heavy atom. The van der Waals surface area contributed by atoms with Crippen LogP contribution >= 0.6 is 0 Å². The van der Waals surface area contributed by atoms with Crippen LogP contribution in [0.5, 0.6) is 0 Å². The van der Waals surface area contributed by atoms with Crippen molar-refractivity contribution < 1.29 is 57.8 Å². The zero-order valence-corrected chi connectivity index (χ0v) is 12.4. The molecule has 0 amide bonds. The van der Waals surface area contributed by atoms with Crippen molar-refractivity contribution in [2.24, 2.45) is 0 Å². The predicted molar refractivity (Wildman–Crippen MR) is 58.7 cm³/mol. The molecular weight excluding hydrogens is 369 g/mol. The maximum absolute atomic E-state index is 12.9. The third-order valence-corrected chi connectivity index (χ3v) is 2.82. The van der Waals surface area contributed by atoms with E-state index >= 15 is 0 Å². The van der Waals surface area contributed by atoms with Crippen molar-refractivity contribution in [1.82, 2.24) is 0 Å². The summed E-state index contributed by atoms with van der Waals surface area (Å²) in [4.78, 5) is 2.42. The molecule has 0 unspecified atom stereocenters. The highest BCUT2D eigenvalue weighted by Gasteiger charge is 2.63. The van der Waals surface area contributed by atoms with E-state index < -0.39 is 41.1 Å². The minimum absolute atomic E-state index is 0.158. The molecular formula is C9H13F7O6S. The lowest BCUT2D eigenvalue weighted by molar-refractivity contribution is -0.498. The third kappa shape index (κ3) is 7.15. The lowest BCUT2D eigenvalue weighted by Gasteiger charge is -2.24. The molecule has 0 atom stereocenters. The number of hydrogen-bond donors (Lipinski definition) is 0. The first-order valence-electron chi connectivity index (χ1n) is 5.93. The van der Waals surface area contributed by atoms with E-state index in [4.69, 9.17) is 4.74 Å². The number of hydrogen-bond acceptors (Lipinski definition) is 6. The Kier molecular flexibility index (Phi) is 8.16. The summed E-state index contributed by atoms with van der Waals surface area (Å²) in [5.74, 6) is 0. The van der Waals surface area contributed by atoms with Crippen LogP contribution in [0, 0.1) is 0 Å². The summed E-state index contributed by atoms with van der Waals surface area (Å²) < 4.78 is 118.